The highest BCUT2D eigenvalue weighted by atomic mass is 19.2. The summed E-state index contributed by atoms with van der Waals surface area (Å²) in [7, 11) is 0. The lowest BCUT2D eigenvalue weighted by Crippen LogP contribution is -2.35. The van der Waals surface area contributed by atoms with Gasteiger partial charge < -0.3 is 10.6 Å². The Balaban J connectivity index is 1.76. The number of hydrogen-bond acceptors (Lipinski definition) is 2. The molecule has 0 heterocycles. The molecular formula is C16H21F3N2O. The smallest absolute Gasteiger partial charge is 0.221 e. The van der Waals surface area contributed by atoms with Crippen LogP contribution < -0.4 is 10.6 Å². The van der Waals surface area contributed by atoms with E-state index in [2.05, 4.69) is 10.6 Å². The van der Waals surface area contributed by atoms with Crippen molar-refractivity contribution in [3.05, 3.63) is 29.6 Å². The monoisotopic (exact) mass is 314 g/mol. The van der Waals surface area contributed by atoms with E-state index in [1.54, 1.807) is 0 Å². The number of rotatable bonds is 5. The quantitative estimate of drug-likeness (QED) is 0.642. The molecule has 0 unspecified atom stereocenters. The fourth-order valence-electron chi connectivity index (χ4n) is 2.70. The van der Waals surface area contributed by atoms with E-state index in [9.17, 15) is 18.0 Å². The van der Waals surface area contributed by atoms with Gasteiger partial charge in [0.1, 0.15) is 0 Å². The Morgan fingerprint density at radius 2 is 1.73 bits per heavy atom. The van der Waals surface area contributed by atoms with Crippen LogP contribution in [0, 0.1) is 17.5 Å². The Hall–Kier alpha value is -1.72. The van der Waals surface area contributed by atoms with E-state index in [0.717, 1.165) is 37.8 Å². The molecule has 1 aromatic rings. The van der Waals surface area contributed by atoms with E-state index < -0.39 is 17.5 Å². The van der Waals surface area contributed by atoms with E-state index in [1.165, 1.54) is 12.8 Å². The number of benzene rings is 1. The number of anilines is 1. The van der Waals surface area contributed by atoms with Gasteiger partial charge in [0, 0.05) is 19.0 Å². The molecule has 0 aliphatic heterocycles. The molecule has 22 heavy (non-hydrogen) atoms. The molecular weight excluding hydrogens is 293 g/mol. The maximum Gasteiger partial charge on any atom is 0.221 e. The first-order chi connectivity index (χ1) is 10.6. The second-order valence-corrected chi connectivity index (χ2v) is 5.66. The van der Waals surface area contributed by atoms with Crippen LogP contribution in [0.25, 0.3) is 0 Å². The molecule has 6 heteroatoms. The number of carbonyl (C=O) groups is 1. The van der Waals surface area contributed by atoms with Crippen LogP contribution in [0.3, 0.4) is 0 Å². The van der Waals surface area contributed by atoms with Gasteiger partial charge in [0.25, 0.3) is 0 Å². The third-order valence-electron chi connectivity index (χ3n) is 3.92. The Kier molecular flexibility index (Phi) is 6.10. The SMILES string of the molecule is O=C(CCNc1ccc(F)c(F)c1F)NC1CCCCCC1. The van der Waals surface area contributed by atoms with Crippen LogP contribution >= 0.6 is 0 Å². The topological polar surface area (TPSA) is 41.1 Å². The summed E-state index contributed by atoms with van der Waals surface area (Å²) in [4.78, 5) is 11.8. The van der Waals surface area contributed by atoms with Crippen molar-refractivity contribution in [3.63, 3.8) is 0 Å². The first-order valence-electron chi connectivity index (χ1n) is 7.74. The molecule has 0 spiro atoms. The van der Waals surface area contributed by atoms with Crippen LogP contribution in [0.2, 0.25) is 0 Å². The summed E-state index contributed by atoms with van der Waals surface area (Å²) in [5.74, 6) is -4.10. The van der Waals surface area contributed by atoms with Gasteiger partial charge in [-0.05, 0) is 25.0 Å². The van der Waals surface area contributed by atoms with Gasteiger partial charge in [0.05, 0.1) is 5.69 Å². The van der Waals surface area contributed by atoms with Crippen molar-refractivity contribution in [1.29, 1.82) is 0 Å². The molecule has 1 saturated carbocycles. The highest BCUT2D eigenvalue weighted by Gasteiger charge is 2.15. The summed E-state index contributed by atoms with van der Waals surface area (Å²) >= 11 is 0. The third kappa shape index (κ3) is 4.64. The predicted octanol–water partition coefficient (Wildman–Crippen LogP) is 3.74. The lowest BCUT2D eigenvalue weighted by atomic mass is 10.1. The fourth-order valence-corrected chi connectivity index (χ4v) is 2.70. The largest absolute Gasteiger partial charge is 0.382 e. The molecule has 2 N–H and O–H groups in total. The molecule has 1 aromatic carbocycles. The van der Waals surface area contributed by atoms with Gasteiger partial charge >= 0.3 is 0 Å². The van der Waals surface area contributed by atoms with E-state index in [1.807, 2.05) is 0 Å². The van der Waals surface area contributed by atoms with E-state index >= 15 is 0 Å². The van der Waals surface area contributed by atoms with Crippen molar-refractivity contribution in [2.75, 3.05) is 11.9 Å². The van der Waals surface area contributed by atoms with Crippen LogP contribution in [-0.4, -0.2) is 18.5 Å². The summed E-state index contributed by atoms with van der Waals surface area (Å²) in [5, 5.41) is 5.59. The molecule has 1 fully saturated rings. The van der Waals surface area contributed by atoms with Gasteiger partial charge in [-0.3, -0.25) is 4.79 Å². The molecule has 0 bridgehead atoms. The van der Waals surface area contributed by atoms with Crippen molar-refractivity contribution >= 4 is 11.6 Å². The standard InChI is InChI=1S/C16H21F3N2O/c17-12-7-8-13(16(19)15(12)18)20-10-9-14(22)21-11-5-3-1-2-4-6-11/h7-8,11,20H,1-6,9-10H2,(H,21,22). The number of carbonyl (C=O) groups excluding carboxylic acids is 1. The minimum absolute atomic E-state index is 0.109. The Morgan fingerprint density at radius 1 is 1.05 bits per heavy atom. The van der Waals surface area contributed by atoms with Gasteiger partial charge in [-0.1, -0.05) is 25.7 Å². The zero-order chi connectivity index (χ0) is 15.9. The summed E-state index contributed by atoms with van der Waals surface area (Å²) in [6, 6.07) is 2.19. The molecule has 3 nitrogen and oxygen atoms in total. The molecule has 1 aliphatic carbocycles. The normalized spacial score (nSPS) is 16.1. The molecule has 1 amide bonds. The van der Waals surface area contributed by atoms with E-state index in [0.29, 0.717) is 0 Å². The number of hydrogen-bond donors (Lipinski definition) is 2. The lowest BCUT2D eigenvalue weighted by Gasteiger charge is -2.16. The van der Waals surface area contributed by atoms with Gasteiger partial charge in [-0.15, -0.1) is 0 Å². The van der Waals surface area contributed by atoms with Crippen LogP contribution in [0.15, 0.2) is 12.1 Å². The predicted molar refractivity (Wildman–Crippen MR) is 79.1 cm³/mol. The van der Waals surface area contributed by atoms with E-state index in [4.69, 9.17) is 0 Å². The Labute approximate surface area is 128 Å². The van der Waals surface area contributed by atoms with Crippen molar-refractivity contribution in [1.82, 2.24) is 5.32 Å². The van der Waals surface area contributed by atoms with Gasteiger partial charge in [-0.25, -0.2) is 13.2 Å². The molecule has 0 saturated heterocycles. The van der Waals surface area contributed by atoms with Crippen molar-refractivity contribution < 1.29 is 18.0 Å². The zero-order valence-corrected chi connectivity index (χ0v) is 12.4. The highest BCUT2D eigenvalue weighted by molar-refractivity contribution is 5.76. The van der Waals surface area contributed by atoms with Crippen LogP contribution in [0.1, 0.15) is 44.9 Å². The molecule has 122 valence electrons. The molecule has 0 atom stereocenters. The second kappa shape index (κ2) is 8.06. The number of halogens is 3. The van der Waals surface area contributed by atoms with Gasteiger partial charge in [0.15, 0.2) is 17.5 Å². The van der Waals surface area contributed by atoms with Crippen LogP contribution in [-0.2, 0) is 4.79 Å². The number of nitrogens with one attached hydrogen (secondary N) is 2. The second-order valence-electron chi connectivity index (χ2n) is 5.66. The average molecular weight is 314 g/mol. The summed E-state index contributed by atoms with van der Waals surface area (Å²) in [6.07, 6.45) is 6.84. The molecule has 0 aromatic heterocycles. The van der Waals surface area contributed by atoms with Gasteiger partial charge in [-0.2, -0.15) is 0 Å². The minimum Gasteiger partial charge on any atom is -0.382 e. The van der Waals surface area contributed by atoms with Crippen LogP contribution in [0.4, 0.5) is 18.9 Å². The summed E-state index contributed by atoms with van der Waals surface area (Å²) < 4.78 is 39.3. The maximum absolute atomic E-state index is 13.4. The summed E-state index contributed by atoms with van der Waals surface area (Å²) in [6.45, 7) is 0.167. The molecule has 2 rings (SSSR count). The average Bonchev–Trinajstić information content (AvgIpc) is 2.76. The molecule has 1 aliphatic rings. The Bertz CT molecular complexity index is 514. The van der Waals surface area contributed by atoms with Crippen molar-refractivity contribution in [2.45, 2.75) is 51.0 Å². The maximum atomic E-state index is 13.4. The lowest BCUT2D eigenvalue weighted by molar-refractivity contribution is -0.121. The van der Waals surface area contributed by atoms with Crippen molar-refractivity contribution in [3.8, 4) is 0 Å². The number of amides is 1. The van der Waals surface area contributed by atoms with E-state index in [-0.39, 0.29) is 30.6 Å². The minimum atomic E-state index is -1.51. The fraction of sp³-hybridized carbons (Fsp3) is 0.562. The van der Waals surface area contributed by atoms with Crippen molar-refractivity contribution in [2.24, 2.45) is 0 Å². The first-order valence-corrected chi connectivity index (χ1v) is 7.74. The highest BCUT2D eigenvalue weighted by Crippen LogP contribution is 2.20. The first kappa shape index (κ1) is 16.6. The Morgan fingerprint density at radius 3 is 2.41 bits per heavy atom. The van der Waals surface area contributed by atoms with Gasteiger partial charge in [0.2, 0.25) is 5.91 Å². The molecule has 0 radical (unpaired) electrons. The third-order valence-corrected chi connectivity index (χ3v) is 3.92. The van der Waals surface area contributed by atoms with Crippen LogP contribution in [0.5, 0.6) is 0 Å². The zero-order valence-electron chi connectivity index (χ0n) is 12.4. The summed E-state index contributed by atoms with van der Waals surface area (Å²) in [5.41, 5.74) is -0.138.